The number of unbranched alkanes of at least 4 members (excludes halogenated alkanes) is 12. The second kappa shape index (κ2) is 25.9. The van der Waals surface area contributed by atoms with Gasteiger partial charge in [0.1, 0.15) is 11.2 Å². The van der Waals surface area contributed by atoms with Gasteiger partial charge in [0.15, 0.2) is 0 Å². The Balaban J connectivity index is 1.44. The zero-order valence-corrected chi connectivity index (χ0v) is 43.3. The molecule has 0 bridgehead atoms. The monoisotopic (exact) mass is 943 g/mol. The van der Waals surface area contributed by atoms with Gasteiger partial charge in [-0.2, -0.15) is 0 Å². The van der Waals surface area contributed by atoms with E-state index in [-0.39, 0.29) is 0 Å². The topological polar surface area (TPSA) is 40.5 Å². The van der Waals surface area contributed by atoms with Gasteiger partial charge in [0.05, 0.1) is 0 Å². The molecule has 0 amide bonds. The maximum atomic E-state index is 14.0. The van der Waals surface area contributed by atoms with Crippen LogP contribution in [0.5, 0.6) is 0 Å². The Morgan fingerprint density at radius 3 is 0.824 bits per heavy atom. The SMILES string of the molecule is CCCCCCc1ccc(C(O)(c2ccc(CCCCCC)cc2)c2cc(-c3cccs3)c(C(O)(c3ccc(CCCCCC)cc3)c3ccc(CCCCCC)cc3)cc2-c2cccs2)cc1. The Kier molecular flexibility index (Phi) is 19.5. The summed E-state index contributed by atoms with van der Waals surface area (Å²) in [5, 5.41) is 32.3. The number of hydrogen-bond donors (Lipinski definition) is 2. The summed E-state index contributed by atoms with van der Waals surface area (Å²) in [7, 11) is 0. The summed E-state index contributed by atoms with van der Waals surface area (Å²) < 4.78 is 0. The summed E-state index contributed by atoms with van der Waals surface area (Å²) >= 11 is 3.36. The van der Waals surface area contributed by atoms with Gasteiger partial charge in [-0.3, -0.25) is 0 Å². The molecule has 2 N–H and O–H groups in total. The minimum Gasteiger partial charge on any atom is -0.376 e. The third-order valence-electron chi connectivity index (χ3n) is 14.3. The van der Waals surface area contributed by atoms with Gasteiger partial charge in [0.25, 0.3) is 0 Å². The fourth-order valence-electron chi connectivity index (χ4n) is 10.1. The van der Waals surface area contributed by atoms with Gasteiger partial charge in [-0.25, -0.2) is 0 Å². The van der Waals surface area contributed by atoms with Crippen LogP contribution >= 0.6 is 22.7 Å². The van der Waals surface area contributed by atoms with E-state index in [1.165, 1.54) is 99.3 Å². The lowest BCUT2D eigenvalue weighted by atomic mass is 9.72. The average molecular weight is 943 g/mol. The van der Waals surface area contributed by atoms with Crippen molar-refractivity contribution in [1.29, 1.82) is 0 Å². The van der Waals surface area contributed by atoms with E-state index in [1.54, 1.807) is 22.7 Å². The summed E-state index contributed by atoms with van der Waals surface area (Å²) in [5.41, 5.74) is 8.99. The van der Waals surface area contributed by atoms with Crippen LogP contribution in [-0.2, 0) is 36.9 Å². The highest BCUT2D eigenvalue weighted by atomic mass is 32.1. The Morgan fingerprint density at radius 1 is 0.338 bits per heavy atom. The molecule has 0 spiro atoms. The van der Waals surface area contributed by atoms with Crippen molar-refractivity contribution in [1.82, 2.24) is 0 Å². The normalized spacial score (nSPS) is 12.0. The number of aliphatic hydroxyl groups is 2. The molecule has 0 atom stereocenters. The fourth-order valence-corrected chi connectivity index (χ4v) is 11.6. The molecular weight excluding hydrogens is 865 g/mol. The van der Waals surface area contributed by atoms with E-state index < -0.39 is 11.2 Å². The van der Waals surface area contributed by atoms with Gasteiger partial charge in [-0.05, 0) is 142 Å². The van der Waals surface area contributed by atoms with Crippen LogP contribution in [0.15, 0.2) is 144 Å². The molecule has 0 aliphatic heterocycles. The van der Waals surface area contributed by atoms with E-state index in [2.05, 4.69) is 172 Å². The fraction of sp³-hybridized carbons (Fsp3) is 0.406. The second-order valence-electron chi connectivity index (χ2n) is 19.3. The minimum absolute atomic E-state index is 0.811. The molecule has 2 nitrogen and oxygen atoms in total. The van der Waals surface area contributed by atoms with Crippen LogP contribution in [0.2, 0.25) is 0 Å². The van der Waals surface area contributed by atoms with Gasteiger partial charge in [-0.1, -0.05) is 214 Å². The molecule has 2 aromatic heterocycles. The number of benzene rings is 5. The summed E-state index contributed by atoms with van der Waals surface area (Å²) in [6.45, 7) is 9.04. The number of hydrogen-bond acceptors (Lipinski definition) is 4. The van der Waals surface area contributed by atoms with E-state index in [9.17, 15) is 10.2 Å². The largest absolute Gasteiger partial charge is 0.376 e. The van der Waals surface area contributed by atoms with Crippen molar-refractivity contribution in [3.05, 3.63) is 200 Å². The first-order valence-electron chi connectivity index (χ1n) is 26.4. The first kappa shape index (κ1) is 51.3. The Hall–Kier alpha value is -4.58. The van der Waals surface area contributed by atoms with Gasteiger partial charge in [0.2, 0.25) is 0 Å². The van der Waals surface area contributed by atoms with Crippen molar-refractivity contribution in [3.63, 3.8) is 0 Å². The van der Waals surface area contributed by atoms with Crippen molar-refractivity contribution in [2.45, 2.75) is 167 Å². The quantitative estimate of drug-likeness (QED) is 0.0379. The molecule has 5 aromatic carbocycles. The van der Waals surface area contributed by atoms with Gasteiger partial charge >= 0.3 is 0 Å². The summed E-state index contributed by atoms with van der Waals surface area (Å²) in [4.78, 5) is 2.09. The predicted molar refractivity (Wildman–Crippen MR) is 294 cm³/mol. The predicted octanol–water partition coefficient (Wildman–Crippen LogP) is 18.2. The second-order valence-corrected chi connectivity index (χ2v) is 21.2. The molecule has 0 aliphatic carbocycles. The van der Waals surface area contributed by atoms with Crippen LogP contribution < -0.4 is 0 Å². The van der Waals surface area contributed by atoms with Crippen molar-refractivity contribution >= 4 is 22.7 Å². The lowest BCUT2D eigenvalue weighted by molar-refractivity contribution is 0.122. The smallest absolute Gasteiger partial charge is 0.141 e. The molecule has 358 valence electrons. The standard InChI is InChI=1S/C64H78O2S2/c1-5-9-13-17-23-49-29-37-53(38-30-49)63(65,54-39-31-50(32-40-54)24-18-14-10-6-2)59-47-58(62-28-22-46-68-62)60(48-57(59)61-27-21-45-67-61)64(66,55-41-33-51(34-42-55)25-19-15-11-7-3)56-43-35-52(36-44-56)26-20-16-12-8-4/h21-22,27-48,65-66H,5-20,23-26H2,1-4H3. The molecule has 4 heteroatoms. The lowest BCUT2D eigenvalue weighted by Crippen LogP contribution is -2.32. The molecule has 0 radical (unpaired) electrons. The highest BCUT2D eigenvalue weighted by Gasteiger charge is 2.42. The lowest BCUT2D eigenvalue weighted by Gasteiger charge is -2.36. The number of aryl methyl sites for hydroxylation is 4. The van der Waals surface area contributed by atoms with Crippen LogP contribution in [0, 0.1) is 0 Å². The van der Waals surface area contributed by atoms with Crippen LogP contribution in [0.3, 0.4) is 0 Å². The van der Waals surface area contributed by atoms with Gasteiger partial charge in [0, 0.05) is 20.9 Å². The first-order chi connectivity index (χ1) is 33.3. The van der Waals surface area contributed by atoms with E-state index in [4.69, 9.17) is 0 Å². The minimum atomic E-state index is -1.51. The van der Waals surface area contributed by atoms with Crippen molar-refractivity contribution in [2.75, 3.05) is 0 Å². The highest BCUT2D eigenvalue weighted by molar-refractivity contribution is 7.14. The van der Waals surface area contributed by atoms with Crippen LogP contribution in [0.25, 0.3) is 20.9 Å². The van der Waals surface area contributed by atoms with E-state index in [0.29, 0.717) is 0 Å². The van der Waals surface area contributed by atoms with Crippen molar-refractivity contribution in [2.24, 2.45) is 0 Å². The molecule has 0 fully saturated rings. The van der Waals surface area contributed by atoms with Crippen molar-refractivity contribution < 1.29 is 10.2 Å². The summed E-state index contributed by atoms with van der Waals surface area (Å²) in [6, 6.07) is 48.1. The van der Waals surface area contributed by atoms with E-state index in [1.807, 2.05) is 0 Å². The average Bonchev–Trinajstić information content (AvgIpc) is 4.14. The third-order valence-corrected chi connectivity index (χ3v) is 16.1. The van der Waals surface area contributed by atoms with E-state index >= 15 is 0 Å². The highest BCUT2D eigenvalue weighted by Crippen LogP contribution is 2.50. The molecule has 0 saturated carbocycles. The van der Waals surface area contributed by atoms with E-state index in [0.717, 1.165) is 106 Å². The Bertz CT molecular complexity index is 2210. The first-order valence-corrected chi connectivity index (χ1v) is 28.2. The molecule has 7 aromatic rings. The van der Waals surface area contributed by atoms with Crippen LogP contribution in [0.4, 0.5) is 0 Å². The van der Waals surface area contributed by atoms with Crippen molar-refractivity contribution in [3.8, 4) is 20.9 Å². The maximum Gasteiger partial charge on any atom is 0.141 e. The van der Waals surface area contributed by atoms with Crippen LogP contribution in [0.1, 0.15) is 186 Å². The summed E-state index contributed by atoms with van der Waals surface area (Å²) in [6.07, 6.45) is 23.6. The van der Waals surface area contributed by atoms with Crippen LogP contribution in [-0.4, -0.2) is 10.2 Å². The number of rotatable bonds is 28. The number of thiophene rings is 2. The zero-order valence-electron chi connectivity index (χ0n) is 41.7. The molecule has 0 saturated heterocycles. The molecule has 0 aliphatic rings. The molecule has 0 unspecified atom stereocenters. The van der Waals surface area contributed by atoms with Gasteiger partial charge in [-0.15, -0.1) is 22.7 Å². The molecule has 68 heavy (non-hydrogen) atoms. The molecular formula is C64H78O2S2. The molecule has 2 heterocycles. The third kappa shape index (κ3) is 12.6. The summed E-state index contributed by atoms with van der Waals surface area (Å²) in [5.74, 6) is 0. The zero-order chi connectivity index (χ0) is 47.6. The Labute approximate surface area is 418 Å². The molecule has 7 rings (SSSR count). The maximum absolute atomic E-state index is 14.0. The van der Waals surface area contributed by atoms with Gasteiger partial charge < -0.3 is 10.2 Å². The Morgan fingerprint density at radius 2 is 0.603 bits per heavy atom.